The number of isocyanates is 1. The van der Waals surface area contributed by atoms with Crippen LogP contribution in [0.5, 0.6) is 0 Å². The number of rotatable bonds is 4. The summed E-state index contributed by atoms with van der Waals surface area (Å²) in [6, 6.07) is 8.26. The Hall–Kier alpha value is -1.64. The smallest absolute Gasteiger partial charge is 0.234 e. The third kappa shape index (κ3) is 3.16. The molecule has 1 aromatic carbocycles. The van der Waals surface area contributed by atoms with E-state index in [1.54, 1.807) is 6.08 Å². The van der Waals surface area contributed by atoms with Crippen LogP contribution in [0.2, 0.25) is 0 Å². The third-order valence-electron chi connectivity index (χ3n) is 2.90. The van der Waals surface area contributed by atoms with E-state index in [1.165, 1.54) is 11.3 Å². The number of hydrogen-bond donors (Lipinski definition) is 0. The number of aliphatic imine (C=N–C) groups is 1. The molecule has 1 aromatic rings. The van der Waals surface area contributed by atoms with Gasteiger partial charge in [0.25, 0.3) is 0 Å². The first-order chi connectivity index (χ1) is 8.42. The molecule has 1 aliphatic heterocycles. The van der Waals surface area contributed by atoms with Crippen molar-refractivity contribution in [3.05, 3.63) is 29.8 Å². The molecule has 1 heterocycles. The molecule has 2 rings (SSSR count). The van der Waals surface area contributed by atoms with Crippen LogP contribution < -0.4 is 4.90 Å². The first-order valence-corrected chi connectivity index (χ1v) is 5.86. The maximum absolute atomic E-state index is 10.1. The Kier molecular flexibility index (Phi) is 4.30. The highest BCUT2D eigenvalue weighted by molar-refractivity contribution is 5.54. The average molecular weight is 232 g/mol. The van der Waals surface area contributed by atoms with Crippen LogP contribution in [-0.4, -0.2) is 38.9 Å². The minimum absolute atomic E-state index is 0.505. The van der Waals surface area contributed by atoms with Gasteiger partial charge >= 0.3 is 0 Å². The Morgan fingerprint density at radius 2 is 2.06 bits per heavy atom. The van der Waals surface area contributed by atoms with Gasteiger partial charge in [0.2, 0.25) is 6.08 Å². The normalized spacial score (nSPS) is 15.4. The maximum atomic E-state index is 10.1. The van der Waals surface area contributed by atoms with Gasteiger partial charge in [-0.15, -0.1) is 0 Å². The van der Waals surface area contributed by atoms with Crippen molar-refractivity contribution in [2.24, 2.45) is 4.99 Å². The molecule has 0 unspecified atom stereocenters. The highest BCUT2D eigenvalue weighted by Gasteiger charge is 2.13. The van der Waals surface area contributed by atoms with E-state index in [0.29, 0.717) is 6.54 Å². The predicted molar refractivity (Wildman–Crippen MR) is 66.2 cm³/mol. The summed E-state index contributed by atoms with van der Waals surface area (Å²) in [6.45, 7) is 3.91. The first kappa shape index (κ1) is 11.8. The molecule has 4 nitrogen and oxygen atoms in total. The highest BCUT2D eigenvalue weighted by atomic mass is 16.5. The van der Waals surface area contributed by atoms with E-state index in [-0.39, 0.29) is 0 Å². The van der Waals surface area contributed by atoms with Crippen molar-refractivity contribution in [1.29, 1.82) is 0 Å². The summed E-state index contributed by atoms with van der Waals surface area (Å²) in [5.74, 6) is 0. The van der Waals surface area contributed by atoms with Gasteiger partial charge in [-0.05, 0) is 18.1 Å². The zero-order valence-electron chi connectivity index (χ0n) is 9.76. The number of hydrogen-bond acceptors (Lipinski definition) is 4. The van der Waals surface area contributed by atoms with Gasteiger partial charge in [-0.25, -0.2) is 9.79 Å². The summed E-state index contributed by atoms with van der Waals surface area (Å²) >= 11 is 0. The van der Waals surface area contributed by atoms with Crippen molar-refractivity contribution < 1.29 is 9.53 Å². The Bertz CT molecular complexity index is 408. The second-order valence-electron chi connectivity index (χ2n) is 3.95. The summed E-state index contributed by atoms with van der Waals surface area (Å²) in [5.41, 5.74) is 2.46. The van der Waals surface area contributed by atoms with Crippen LogP contribution >= 0.6 is 0 Å². The van der Waals surface area contributed by atoms with E-state index in [2.05, 4.69) is 22.0 Å². The van der Waals surface area contributed by atoms with Gasteiger partial charge in [0.15, 0.2) is 0 Å². The first-order valence-electron chi connectivity index (χ1n) is 5.86. The van der Waals surface area contributed by atoms with Gasteiger partial charge in [0, 0.05) is 18.8 Å². The maximum Gasteiger partial charge on any atom is 0.234 e. The van der Waals surface area contributed by atoms with Crippen LogP contribution in [-0.2, 0) is 16.0 Å². The Labute approximate surface area is 101 Å². The SMILES string of the molecule is O=C=NCCc1ccccc1N1CCOCC1. The zero-order chi connectivity index (χ0) is 11.9. The molecule has 0 saturated carbocycles. The Morgan fingerprint density at radius 3 is 2.82 bits per heavy atom. The minimum atomic E-state index is 0.505. The highest BCUT2D eigenvalue weighted by Crippen LogP contribution is 2.21. The summed E-state index contributed by atoms with van der Waals surface area (Å²) in [4.78, 5) is 16.0. The molecule has 1 saturated heterocycles. The van der Waals surface area contributed by atoms with Crippen LogP contribution in [0.4, 0.5) is 5.69 Å². The summed E-state index contributed by atoms with van der Waals surface area (Å²) in [7, 11) is 0. The number of para-hydroxylation sites is 1. The molecular weight excluding hydrogens is 216 g/mol. The molecule has 90 valence electrons. The quantitative estimate of drug-likeness (QED) is 0.582. The fraction of sp³-hybridized carbons (Fsp3) is 0.462. The van der Waals surface area contributed by atoms with E-state index in [1.807, 2.05) is 12.1 Å². The monoisotopic (exact) mass is 232 g/mol. The molecule has 0 radical (unpaired) electrons. The van der Waals surface area contributed by atoms with Gasteiger partial charge in [-0.3, -0.25) is 0 Å². The van der Waals surface area contributed by atoms with Gasteiger partial charge in [0.1, 0.15) is 0 Å². The number of nitrogens with zero attached hydrogens (tertiary/aromatic N) is 2. The molecule has 0 spiro atoms. The van der Waals surface area contributed by atoms with Crippen LogP contribution in [0.1, 0.15) is 5.56 Å². The molecule has 0 aliphatic carbocycles. The third-order valence-corrected chi connectivity index (χ3v) is 2.90. The Balaban J connectivity index is 2.11. The van der Waals surface area contributed by atoms with E-state index in [9.17, 15) is 4.79 Å². The van der Waals surface area contributed by atoms with E-state index < -0.39 is 0 Å². The fourth-order valence-electron chi connectivity index (χ4n) is 2.06. The standard InChI is InChI=1S/C13H16N2O2/c16-11-14-6-5-12-3-1-2-4-13(12)15-7-9-17-10-8-15/h1-4H,5-10H2. The van der Waals surface area contributed by atoms with Crippen molar-refractivity contribution >= 4 is 11.8 Å². The lowest BCUT2D eigenvalue weighted by molar-refractivity contribution is 0.122. The summed E-state index contributed by atoms with van der Waals surface area (Å²) < 4.78 is 5.35. The molecule has 0 bridgehead atoms. The summed E-state index contributed by atoms with van der Waals surface area (Å²) in [6.07, 6.45) is 2.36. The molecule has 0 atom stereocenters. The van der Waals surface area contributed by atoms with Crippen molar-refractivity contribution in [3.8, 4) is 0 Å². The molecule has 1 aliphatic rings. The Morgan fingerprint density at radius 1 is 1.29 bits per heavy atom. The van der Waals surface area contributed by atoms with Crippen LogP contribution in [0.3, 0.4) is 0 Å². The number of morpholine rings is 1. The fourth-order valence-corrected chi connectivity index (χ4v) is 2.06. The lowest BCUT2D eigenvalue weighted by atomic mass is 10.1. The van der Waals surface area contributed by atoms with Crippen LogP contribution in [0, 0.1) is 0 Å². The predicted octanol–water partition coefficient (Wildman–Crippen LogP) is 1.40. The lowest BCUT2D eigenvalue weighted by Gasteiger charge is -2.30. The second-order valence-corrected chi connectivity index (χ2v) is 3.95. The van der Waals surface area contributed by atoms with Crippen LogP contribution in [0.25, 0.3) is 0 Å². The van der Waals surface area contributed by atoms with E-state index in [0.717, 1.165) is 32.7 Å². The number of carbonyl (C=O) groups excluding carboxylic acids is 1. The number of benzene rings is 1. The van der Waals surface area contributed by atoms with Gasteiger partial charge in [-0.2, -0.15) is 0 Å². The molecule has 0 amide bonds. The molecule has 0 aromatic heterocycles. The van der Waals surface area contributed by atoms with Crippen molar-refractivity contribution in [2.75, 3.05) is 37.7 Å². The average Bonchev–Trinajstić information content (AvgIpc) is 2.41. The van der Waals surface area contributed by atoms with Crippen molar-refractivity contribution in [1.82, 2.24) is 0 Å². The van der Waals surface area contributed by atoms with E-state index >= 15 is 0 Å². The van der Waals surface area contributed by atoms with Gasteiger partial charge in [0.05, 0.1) is 19.8 Å². The van der Waals surface area contributed by atoms with Crippen molar-refractivity contribution in [3.63, 3.8) is 0 Å². The van der Waals surface area contributed by atoms with Gasteiger partial charge in [-0.1, -0.05) is 18.2 Å². The molecule has 4 heteroatoms. The van der Waals surface area contributed by atoms with Crippen molar-refractivity contribution in [2.45, 2.75) is 6.42 Å². The molecule has 0 N–H and O–H groups in total. The molecular formula is C13H16N2O2. The second kappa shape index (κ2) is 6.18. The van der Waals surface area contributed by atoms with Crippen LogP contribution in [0.15, 0.2) is 29.3 Å². The minimum Gasteiger partial charge on any atom is -0.378 e. The molecule has 17 heavy (non-hydrogen) atoms. The van der Waals surface area contributed by atoms with Gasteiger partial charge < -0.3 is 9.64 Å². The largest absolute Gasteiger partial charge is 0.378 e. The lowest BCUT2D eigenvalue weighted by Crippen LogP contribution is -2.36. The number of ether oxygens (including phenoxy) is 1. The molecule has 1 fully saturated rings. The topological polar surface area (TPSA) is 41.9 Å². The van der Waals surface area contributed by atoms with E-state index in [4.69, 9.17) is 4.74 Å². The zero-order valence-corrected chi connectivity index (χ0v) is 9.76. The number of anilines is 1. The summed E-state index contributed by atoms with van der Waals surface area (Å²) in [5, 5.41) is 0.